The number of methoxy groups -OCH3 is 1. The van der Waals surface area contributed by atoms with Gasteiger partial charge in [0.25, 0.3) is 0 Å². The van der Waals surface area contributed by atoms with Gasteiger partial charge in [-0.05, 0) is 369 Å². The summed E-state index contributed by atoms with van der Waals surface area (Å²) in [6, 6.07) is 0. The third kappa shape index (κ3) is 14.0. The van der Waals surface area contributed by atoms with E-state index in [9.17, 15) is 39.0 Å². The topological polar surface area (TPSA) is 266 Å². The summed E-state index contributed by atoms with van der Waals surface area (Å²) in [6.45, 7) is 46.6. The highest BCUT2D eigenvalue weighted by molar-refractivity contribution is 5.81. The minimum Gasteiger partial charge on any atom is -0.469 e. The number of allylic oxidation sites excluding steroid dienone is 5. The number of hydrogen-bond donors (Lipinski definition) is 6. The molecule has 0 radical (unpaired) electrons. The van der Waals surface area contributed by atoms with Gasteiger partial charge in [-0.2, -0.15) is 0 Å². The van der Waals surface area contributed by atoms with E-state index in [0.29, 0.717) is 89.8 Å². The Balaban J connectivity index is 0.000000115. The van der Waals surface area contributed by atoms with Gasteiger partial charge in [0.2, 0.25) is 5.91 Å². The second-order valence-electron chi connectivity index (χ2n) is 45.2. The maximum Gasteiger partial charge on any atom is 0.309 e. The molecule has 648 valence electrons. The Labute approximate surface area is 702 Å². The standard InChI is InChI=1S/C21H33NO3.C20H31NO2.C20H29NO2.C20H31NO2.C20H28O3/c1-13-5-6-16-15(12-22)17(8-10-20(13,16)2)21(3)9-7-14(23)11-18(21)19(24)25-4;2*1-12-4-5-15-14(11-21)16(7-9-19(12,15)2)20(3)8-6-13-10-17(20)18(22)23-13;1-12-4-5-15-14-11-21-18(23)17-10-13(22)6-8-20(17,3)16(14)7-9-19(12,15)2;1-12-4-5-15-14(11-21)16(7-9-19(12,15)2)20(3)8-6-13-10-17(20)18(22)23-13/h12,14-18,22-23H,1,5-11H2,2-4H3;13-17H,1,4-11,21H2,2-3H3;11,13-17,21H,1,4-10H2,2-3H3;13-17,22H,1,4-11H2,2-3H3,(H,21,23);11,13-17H,1,4-10H2,2-3H3/t14-,15-,16-,17-,18+,20+,21+;4*13-,14-,15-,16-,17+,19+,20+/m00000/s1. The lowest BCUT2D eigenvalue weighted by Gasteiger charge is -2.55. The van der Waals surface area contributed by atoms with Crippen molar-refractivity contribution in [2.75, 3.05) is 20.2 Å². The molecule has 15 saturated carbocycles. The van der Waals surface area contributed by atoms with Crippen LogP contribution in [0.25, 0.3) is 0 Å². The van der Waals surface area contributed by atoms with Crippen molar-refractivity contribution < 1.29 is 57.9 Å². The molecule has 4 heterocycles. The lowest BCUT2D eigenvalue weighted by Crippen LogP contribution is -2.52. The molecular formula is C101H152N4O12. The second-order valence-corrected chi connectivity index (χ2v) is 45.2. The molecule has 0 aromatic rings. The highest BCUT2D eigenvalue weighted by Crippen LogP contribution is 2.71. The molecule has 6 bridgehead atoms. The summed E-state index contributed by atoms with van der Waals surface area (Å²) in [5, 5.41) is 39.8. The number of amides is 1. The van der Waals surface area contributed by atoms with E-state index in [0.717, 1.165) is 174 Å². The molecule has 19 aliphatic rings. The van der Waals surface area contributed by atoms with Crippen LogP contribution in [0.2, 0.25) is 0 Å². The van der Waals surface area contributed by atoms with E-state index in [1.54, 1.807) is 12.4 Å². The van der Waals surface area contributed by atoms with Crippen LogP contribution in [0.5, 0.6) is 0 Å². The Bertz CT molecular complexity index is 3840. The minimum absolute atomic E-state index is 0.00246. The number of aldehydes is 1. The highest BCUT2D eigenvalue weighted by Gasteiger charge is 2.67. The predicted molar refractivity (Wildman–Crippen MR) is 458 cm³/mol. The fraction of sp³-hybridized carbons (Fsp3) is 0.822. The first kappa shape index (κ1) is 86.9. The second kappa shape index (κ2) is 31.9. The van der Waals surface area contributed by atoms with E-state index >= 15 is 0 Å². The molecule has 117 heavy (non-hydrogen) atoms. The van der Waals surface area contributed by atoms with Crippen LogP contribution in [0.15, 0.2) is 60.8 Å². The van der Waals surface area contributed by atoms with Crippen LogP contribution in [-0.4, -0.2) is 109 Å². The van der Waals surface area contributed by atoms with E-state index in [2.05, 4.69) is 107 Å². The molecule has 35 atom stereocenters. The number of nitrogens with two attached hydrogens (primary N) is 1. The number of aliphatic hydroxyl groups is 2. The molecule has 4 saturated heterocycles. The Hall–Kier alpha value is -5.06. The van der Waals surface area contributed by atoms with Crippen molar-refractivity contribution in [2.24, 2.45) is 178 Å². The Morgan fingerprint density at radius 1 is 0.427 bits per heavy atom. The lowest BCUT2D eigenvalue weighted by molar-refractivity contribution is -0.161. The largest absolute Gasteiger partial charge is 0.469 e. The number of rotatable bonds is 9. The van der Waals surface area contributed by atoms with Crippen molar-refractivity contribution in [2.45, 2.75) is 324 Å². The van der Waals surface area contributed by atoms with Gasteiger partial charge in [-0.15, -0.1) is 0 Å². The van der Waals surface area contributed by atoms with Gasteiger partial charge in [0.15, 0.2) is 0 Å². The summed E-state index contributed by atoms with van der Waals surface area (Å²) < 4.78 is 21.8. The maximum atomic E-state index is 12.7. The van der Waals surface area contributed by atoms with Gasteiger partial charge in [-0.1, -0.05) is 130 Å². The van der Waals surface area contributed by atoms with E-state index in [-0.39, 0.29) is 150 Å². The molecule has 16 heteroatoms. The lowest BCUT2D eigenvalue weighted by atomic mass is 9.49. The number of hydrogen-bond acceptors (Lipinski definition) is 15. The number of nitrogens with one attached hydrogen (secondary N) is 3. The number of carbonyl (C=O) groups is 6. The quantitative estimate of drug-likeness (QED) is 0.0413. The minimum atomic E-state index is -0.421. The normalized spacial score (nSPS) is 51.3. The third-order valence-corrected chi connectivity index (χ3v) is 41.2. The van der Waals surface area contributed by atoms with Crippen LogP contribution in [0.3, 0.4) is 0 Å². The Morgan fingerprint density at radius 2 is 0.761 bits per heavy atom. The summed E-state index contributed by atoms with van der Waals surface area (Å²) in [6.07, 6.45) is 40.7. The molecule has 0 aromatic heterocycles. The molecular weight excluding hydrogens is 1460 g/mol. The molecule has 19 rings (SSSR count). The van der Waals surface area contributed by atoms with Gasteiger partial charge in [0, 0.05) is 30.2 Å². The predicted octanol–water partition coefficient (Wildman–Crippen LogP) is 19.2. The highest BCUT2D eigenvalue weighted by atomic mass is 16.6. The van der Waals surface area contributed by atoms with Crippen LogP contribution >= 0.6 is 0 Å². The van der Waals surface area contributed by atoms with Crippen molar-refractivity contribution in [3.05, 3.63) is 60.8 Å². The van der Waals surface area contributed by atoms with E-state index in [1.165, 1.54) is 92.6 Å². The van der Waals surface area contributed by atoms with Gasteiger partial charge in [-0.3, -0.25) is 24.0 Å². The molecule has 4 aliphatic heterocycles. The fourth-order valence-electron chi connectivity index (χ4n) is 33.1. The molecule has 0 spiro atoms. The smallest absolute Gasteiger partial charge is 0.309 e. The number of carbonyl (C=O) groups excluding carboxylic acids is 6. The number of esters is 4. The van der Waals surface area contributed by atoms with Crippen LogP contribution in [0, 0.1) is 183 Å². The summed E-state index contributed by atoms with van der Waals surface area (Å²) in [5.74, 6) is 6.62. The van der Waals surface area contributed by atoms with Crippen LogP contribution < -0.4 is 11.1 Å². The first-order chi connectivity index (χ1) is 55.3. The number of ether oxygens (including phenoxy) is 4. The summed E-state index contributed by atoms with van der Waals surface area (Å²) >= 11 is 0. The molecule has 1 amide bonds. The van der Waals surface area contributed by atoms with E-state index < -0.39 is 6.10 Å². The number of fused-ring (bicyclic) bond motifs is 15. The van der Waals surface area contributed by atoms with Crippen LogP contribution in [-0.2, 0) is 47.7 Å². The van der Waals surface area contributed by atoms with E-state index in [4.69, 9.17) is 35.5 Å². The van der Waals surface area contributed by atoms with Crippen molar-refractivity contribution in [1.29, 1.82) is 10.8 Å². The zero-order valence-corrected chi connectivity index (χ0v) is 73.9. The monoisotopic (exact) mass is 1610 g/mol. The van der Waals surface area contributed by atoms with Crippen molar-refractivity contribution in [1.82, 2.24) is 5.32 Å². The Morgan fingerprint density at radius 3 is 1.18 bits per heavy atom. The van der Waals surface area contributed by atoms with E-state index in [1.807, 2.05) is 0 Å². The zero-order valence-electron chi connectivity index (χ0n) is 73.9. The molecule has 7 N–H and O–H groups in total. The number of aliphatic hydroxyl groups excluding tert-OH is 2. The average Bonchev–Trinajstić information content (AvgIpc) is 1.57. The van der Waals surface area contributed by atoms with Gasteiger partial charge in [0.1, 0.15) is 24.6 Å². The van der Waals surface area contributed by atoms with Gasteiger partial charge in [-0.25, -0.2) is 0 Å². The summed E-state index contributed by atoms with van der Waals surface area (Å²) in [4.78, 5) is 74.4. The summed E-state index contributed by atoms with van der Waals surface area (Å²) in [5.41, 5.74) is 14.2. The van der Waals surface area contributed by atoms with Crippen molar-refractivity contribution in [3.63, 3.8) is 0 Å². The molecule has 16 nitrogen and oxygen atoms in total. The maximum absolute atomic E-state index is 12.7. The first-order valence-corrected chi connectivity index (χ1v) is 47.2. The Kier molecular flexibility index (Phi) is 23.7. The van der Waals surface area contributed by atoms with Crippen LogP contribution in [0.1, 0.15) is 294 Å². The third-order valence-electron chi connectivity index (χ3n) is 41.2. The van der Waals surface area contributed by atoms with Crippen molar-refractivity contribution >= 4 is 48.5 Å². The SMILES string of the molecule is C=C1CC[C@H]2[C@@H]3CNC(=O)[C@H]4C[C@@H](O)CC[C@]4(C)[C@H]3CC[C@]12C.C=C1CC[C@H]2[C@H](C=N)[C@@H]([C@@]3(C)CC[C@H](O)C[C@@H]3C(=O)OC)CC[C@]12C.C=C1CC[C@H]2[C@H](C=N)[C@@H]([C@@]3(C)CC[C@H]4C[C@@H]3C(=O)O4)CC[C@]12C.C=C1CC[C@H]2[C@H](C=O)[C@@H]([C@@]3(C)CC[C@H]4C[C@@H]3C(=O)O4)CC[C@]12C.C=C1CC[C@H]2[C@H](CN)[C@@H]([C@@]3(C)CC[C@H]4C[C@@H]3C(=O)O4)CC[C@]12C. The van der Waals surface area contributed by atoms with Crippen LogP contribution in [0.4, 0.5) is 0 Å². The average molecular weight is 1610 g/mol. The molecule has 0 unspecified atom stereocenters. The molecule has 19 fully saturated rings. The van der Waals surface area contributed by atoms with Gasteiger partial charge < -0.3 is 55.8 Å². The zero-order chi connectivity index (χ0) is 84.0. The van der Waals surface area contributed by atoms with Crippen molar-refractivity contribution in [3.8, 4) is 0 Å². The van der Waals surface area contributed by atoms with Gasteiger partial charge in [0.05, 0.1) is 43.0 Å². The molecule has 15 aliphatic carbocycles. The first-order valence-electron chi connectivity index (χ1n) is 47.2. The fourth-order valence-corrected chi connectivity index (χ4v) is 33.1. The van der Waals surface area contributed by atoms with Gasteiger partial charge >= 0.3 is 23.9 Å². The summed E-state index contributed by atoms with van der Waals surface area (Å²) in [7, 11) is 1.44. The molecule has 0 aromatic carbocycles.